The Morgan fingerprint density at radius 3 is 2.39 bits per heavy atom. The lowest BCUT2D eigenvalue weighted by molar-refractivity contribution is -0.142. The second-order valence-corrected chi connectivity index (χ2v) is 6.56. The Bertz CT molecular complexity index is 866. The van der Waals surface area contributed by atoms with Crippen LogP contribution in [-0.4, -0.2) is 44.1 Å². The van der Waals surface area contributed by atoms with Gasteiger partial charge in [0.2, 0.25) is 11.8 Å². The first-order valence-electron chi connectivity index (χ1n) is 8.88. The van der Waals surface area contributed by atoms with Crippen LogP contribution in [0.15, 0.2) is 36.4 Å². The number of rotatable bonds is 8. The van der Waals surface area contributed by atoms with Gasteiger partial charge in [0, 0.05) is 16.5 Å². The van der Waals surface area contributed by atoms with E-state index in [9.17, 15) is 14.4 Å². The fourth-order valence-electron chi connectivity index (χ4n) is 2.48. The lowest BCUT2D eigenvalue weighted by atomic mass is 10.1. The van der Waals surface area contributed by atoms with Gasteiger partial charge < -0.3 is 25.8 Å². The van der Waals surface area contributed by atoms with E-state index in [-0.39, 0.29) is 30.9 Å². The summed E-state index contributed by atoms with van der Waals surface area (Å²) in [5.41, 5.74) is 6.32. The number of anilines is 1. The molecule has 0 saturated carbocycles. The number of benzene rings is 2. The fraction of sp³-hybridized carbons (Fsp3) is 0.350. The molecule has 0 fully saturated rings. The first-order chi connectivity index (χ1) is 13.3. The first kappa shape index (κ1) is 21.2. The monoisotopic (exact) mass is 387 g/mol. The minimum absolute atomic E-state index is 0.0236. The molecule has 0 aliphatic rings. The Labute approximate surface area is 163 Å². The minimum Gasteiger partial charge on any atom is -0.481 e. The second kappa shape index (κ2) is 9.70. The largest absolute Gasteiger partial charge is 0.481 e. The van der Waals surface area contributed by atoms with Crippen LogP contribution < -0.4 is 21.1 Å². The molecule has 2 rings (SSSR count). The van der Waals surface area contributed by atoms with Crippen LogP contribution in [0.25, 0.3) is 10.8 Å². The molecule has 2 aromatic rings. The molecule has 0 heterocycles. The van der Waals surface area contributed by atoms with Gasteiger partial charge in [-0.1, -0.05) is 38.1 Å². The molecule has 28 heavy (non-hydrogen) atoms. The van der Waals surface area contributed by atoms with E-state index >= 15 is 0 Å². The number of carbonyl (C=O) groups is 3. The Hall–Kier alpha value is -3.13. The molecule has 1 atom stereocenters. The van der Waals surface area contributed by atoms with Crippen LogP contribution in [0.2, 0.25) is 0 Å². The number of carbonyl (C=O) groups excluding carboxylic acids is 3. The second-order valence-electron chi connectivity index (χ2n) is 6.56. The van der Waals surface area contributed by atoms with E-state index in [1.807, 2.05) is 38.1 Å². The highest BCUT2D eigenvalue weighted by Crippen LogP contribution is 2.31. The minimum atomic E-state index is -0.667. The van der Waals surface area contributed by atoms with Crippen molar-refractivity contribution in [2.24, 2.45) is 11.7 Å². The third-order valence-corrected chi connectivity index (χ3v) is 4.18. The average molecular weight is 387 g/mol. The van der Waals surface area contributed by atoms with E-state index in [4.69, 9.17) is 10.5 Å². The van der Waals surface area contributed by atoms with Crippen LogP contribution in [0.4, 0.5) is 5.69 Å². The van der Waals surface area contributed by atoms with E-state index in [1.54, 1.807) is 12.1 Å². The molecule has 8 heteroatoms. The molecule has 2 aromatic carbocycles. The molecule has 0 aliphatic carbocycles. The molecule has 150 valence electrons. The SMILES string of the molecule is COC(=O)COc1ccc(NC(=O)CNC(=O)[C@@H](N)C(C)C)c2ccccc12. The predicted molar refractivity (Wildman–Crippen MR) is 106 cm³/mol. The summed E-state index contributed by atoms with van der Waals surface area (Å²) in [6.07, 6.45) is 0. The quantitative estimate of drug-likeness (QED) is 0.590. The van der Waals surface area contributed by atoms with Gasteiger partial charge in [0.1, 0.15) is 5.75 Å². The average Bonchev–Trinajstić information content (AvgIpc) is 2.70. The predicted octanol–water partition coefficient (Wildman–Crippen LogP) is 1.43. The van der Waals surface area contributed by atoms with Crippen molar-refractivity contribution in [3.8, 4) is 5.75 Å². The van der Waals surface area contributed by atoms with Crippen LogP contribution in [-0.2, 0) is 19.1 Å². The van der Waals surface area contributed by atoms with Crippen molar-refractivity contribution >= 4 is 34.2 Å². The van der Waals surface area contributed by atoms with Crippen LogP contribution >= 0.6 is 0 Å². The van der Waals surface area contributed by atoms with Crippen LogP contribution in [0.1, 0.15) is 13.8 Å². The van der Waals surface area contributed by atoms with Crippen molar-refractivity contribution in [3.05, 3.63) is 36.4 Å². The topological polar surface area (TPSA) is 120 Å². The molecule has 8 nitrogen and oxygen atoms in total. The molecule has 0 bridgehead atoms. The summed E-state index contributed by atoms with van der Waals surface area (Å²) >= 11 is 0. The number of nitrogens with one attached hydrogen (secondary N) is 2. The Morgan fingerprint density at radius 2 is 1.75 bits per heavy atom. The molecule has 2 amide bonds. The van der Waals surface area contributed by atoms with Crippen molar-refractivity contribution in [3.63, 3.8) is 0 Å². The van der Waals surface area contributed by atoms with Gasteiger partial charge in [0.15, 0.2) is 6.61 Å². The van der Waals surface area contributed by atoms with Gasteiger partial charge in [-0.25, -0.2) is 4.79 Å². The first-order valence-corrected chi connectivity index (χ1v) is 8.88. The highest BCUT2D eigenvalue weighted by molar-refractivity contribution is 6.05. The smallest absolute Gasteiger partial charge is 0.343 e. The number of hydrogen-bond donors (Lipinski definition) is 3. The Kier molecular flexibility index (Phi) is 7.34. The van der Waals surface area contributed by atoms with Gasteiger partial charge in [-0.3, -0.25) is 9.59 Å². The summed E-state index contributed by atoms with van der Waals surface area (Å²) in [6.45, 7) is 3.27. The molecule has 0 aliphatic heterocycles. The summed E-state index contributed by atoms with van der Waals surface area (Å²) in [4.78, 5) is 35.4. The van der Waals surface area contributed by atoms with Crippen molar-refractivity contribution in [2.45, 2.75) is 19.9 Å². The molecular weight excluding hydrogens is 362 g/mol. The Balaban J connectivity index is 2.10. The molecule has 0 radical (unpaired) electrons. The fourth-order valence-corrected chi connectivity index (χ4v) is 2.48. The van der Waals surface area contributed by atoms with Gasteiger partial charge in [-0.2, -0.15) is 0 Å². The normalized spacial score (nSPS) is 11.8. The van der Waals surface area contributed by atoms with Crippen LogP contribution in [0.5, 0.6) is 5.75 Å². The lowest BCUT2D eigenvalue weighted by Gasteiger charge is -2.16. The number of methoxy groups -OCH3 is 1. The van der Waals surface area contributed by atoms with Crippen LogP contribution in [0, 0.1) is 5.92 Å². The molecule has 0 spiro atoms. The lowest BCUT2D eigenvalue weighted by Crippen LogP contribution is -2.46. The summed E-state index contributed by atoms with van der Waals surface area (Å²) in [6, 6.07) is 9.96. The maximum atomic E-state index is 12.2. The number of fused-ring (bicyclic) bond motifs is 1. The standard InChI is InChI=1S/C20H25N3O5/c1-12(2)19(21)20(26)22-10-17(24)23-15-8-9-16(28-11-18(25)27-3)14-7-5-4-6-13(14)15/h4-9,12,19H,10-11,21H2,1-3H3,(H,22,26)(H,23,24)/t19-/m0/s1. The number of ether oxygens (including phenoxy) is 2. The summed E-state index contributed by atoms with van der Waals surface area (Å²) in [5.74, 6) is -0.768. The number of nitrogens with two attached hydrogens (primary N) is 1. The van der Waals surface area contributed by atoms with Crippen molar-refractivity contribution < 1.29 is 23.9 Å². The van der Waals surface area contributed by atoms with Crippen molar-refractivity contribution in [2.75, 3.05) is 25.6 Å². The summed E-state index contributed by atoms with van der Waals surface area (Å²) in [5, 5.41) is 6.77. The molecule has 0 aromatic heterocycles. The molecule has 4 N–H and O–H groups in total. The molecule has 0 saturated heterocycles. The van der Waals surface area contributed by atoms with E-state index in [1.165, 1.54) is 7.11 Å². The number of hydrogen-bond acceptors (Lipinski definition) is 6. The highest BCUT2D eigenvalue weighted by Gasteiger charge is 2.18. The van der Waals surface area contributed by atoms with Crippen molar-refractivity contribution in [1.82, 2.24) is 5.32 Å². The van der Waals surface area contributed by atoms with E-state index in [2.05, 4.69) is 15.4 Å². The zero-order valence-corrected chi connectivity index (χ0v) is 16.2. The van der Waals surface area contributed by atoms with Crippen molar-refractivity contribution in [1.29, 1.82) is 0 Å². The Morgan fingerprint density at radius 1 is 1.07 bits per heavy atom. The third kappa shape index (κ3) is 5.43. The van der Waals surface area contributed by atoms with E-state index < -0.39 is 12.0 Å². The van der Waals surface area contributed by atoms with E-state index in [0.717, 1.165) is 10.8 Å². The number of amides is 2. The van der Waals surface area contributed by atoms with Gasteiger partial charge in [-0.05, 0) is 18.1 Å². The highest BCUT2D eigenvalue weighted by atomic mass is 16.6. The zero-order chi connectivity index (χ0) is 20.7. The summed E-state index contributed by atoms with van der Waals surface area (Å²) in [7, 11) is 1.29. The maximum absolute atomic E-state index is 12.2. The maximum Gasteiger partial charge on any atom is 0.343 e. The zero-order valence-electron chi connectivity index (χ0n) is 16.2. The van der Waals surface area contributed by atoms with Crippen LogP contribution in [0.3, 0.4) is 0 Å². The van der Waals surface area contributed by atoms with Gasteiger partial charge >= 0.3 is 5.97 Å². The molecular formula is C20H25N3O5. The summed E-state index contributed by atoms with van der Waals surface area (Å²) < 4.78 is 10.1. The number of esters is 1. The van der Waals surface area contributed by atoms with Gasteiger partial charge in [-0.15, -0.1) is 0 Å². The third-order valence-electron chi connectivity index (χ3n) is 4.18. The van der Waals surface area contributed by atoms with Gasteiger partial charge in [0.25, 0.3) is 0 Å². The van der Waals surface area contributed by atoms with E-state index in [0.29, 0.717) is 11.4 Å². The van der Waals surface area contributed by atoms with Gasteiger partial charge in [0.05, 0.1) is 19.7 Å². The molecule has 0 unspecified atom stereocenters.